The van der Waals surface area contributed by atoms with Crippen LogP contribution in [0.4, 0.5) is 0 Å². The van der Waals surface area contributed by atoms with E-state index in [2.05, 4.69) is 0 Å². The van der Waals surface area contributed by atoms with Gasteiger partial charge in [0.05, 0.1) is 14.2 Å². The first-order chi connectivity index (χ1) is 8.49. The molecule has 1 aromatic carbocycles. The lowest BCUT2D eigenvalue weighted by Crippen LogP contribution is -2.15. The summed E-state index contributed by atoms with van der Waals surface area (Å²) < 4.78 is 10.4. The third-order valence-corrected chi connectivity index (χ3v) is 2.82. The fraction of sp³-hybridized carbons (Fsp3) is 0.462. The zero-order valence-electron chi connectivity index (χ0n) is 10.9. The molecule has 0 aliphatic rings. The lowest BCUT2D eigenvalue weighted by Gasteiger charge is -2.18. The third-order valence-electron chi connectivity index (χ3n) is 2.82. The summed E-state index contributed by atoms with van der Waals surface area (Å²) in [5.74, 6) is 0.471. The Balaban J connectivity index is 3.02. The highest BCUT2D eigenvalue weighted by Crippen LogP contribution is 2.33. The van der Waals surface area contributed by atoms with E-state index in [0.717, 1.165) is 11.1 Å². The number of nitrogens with two attached hydrogens (primary N) is 1. The second-order valence-electron chi connectivity index (χ2n) is 4.10. The van der Waals surface area contributed by atoms with Gasteiger partial charge in [-0.2, -0.15) is 0 Å². The van der Waals surface area contributed by atoms with Crippen LogP contribution in [0.1, 0.15) is 30.0 Å². The van der Waals surface area contributed by atoms with Crippen LogP contribution in [-0.2, 0) is 4.79 Å². The van der Waals surface area contributed by atoms with Gasteiger partial charge in [0.15, 0.2) is 0 Å². The summed E-state index contributed by atoms with van der Waals surface area (Å²) in [7, 11) is 3.14. The summed E-state index contributed by atoms with van der Waals surface area (Å²) in [6, 6.07) is 3.25. The van der Waals surface area contributed by atoms with Crippen LogP contribution in [0, 0.1) is 6.92 Å². The maximum Gasteiger partial charge on any atom is 0.303 e. The van der Waals surface area contributed by atoms with E-state index in [-0.39, 0.29) is 12.5 Å². The Labute approximate surface area is 107 Å². The van der Waals surface area contributed by atoms with Crippen molar-refractivity contribution in [3.05, 3.63) is 23.3 Å². The molecule has 0 spiro atoms. The van der Waals surface area contributed by atoms with Crippen molar-refractivity contribution in [2.45, 2.75) is 25.8 Å². The molecule has 0 radical (unpaired) electrons. The van der Waals surface area contributed by atoms with Crippen LogP contribution in [0.15, 0.2) is 12.1 Å². The van der Waals surface area contributed by atoms with E-state index in [0.29, 0.717) is 17.9 Å². The van der Waals surface area contributed by atoms with E-state index in [1.807, 2.05) is 13.0 Å². The van der Waals surface area contributed by atoms with Gasteiger partial charge in [0.1, 0.15) is 11.5 Å². The SMILES string of the molecule is COc1cc(C)c(C(N)CCC(=O)O)c(OC)c1. The molecule has 18 heavy (non-hydrogen) atoms. The van der Waals surface area contributed by atoms with Gasteiger partial charge in [-0.15, -0.1) is 0 Å². The van der Waals surface area contributed by atoms with E-state index < -0.39 is 5.97 Å². The number of hydrogen-bond acceptors (Lipinski definition) is 4. The standard InChI is InChI=1S/C13H19NO4/c1-8-6-9(17-2)7-11(18-3)13(8)10(14)4-5-12(15)16/h6-7,10H,4-5,14H2,1-3H3,(H,15,16). The Morgan fingerprint density at radius 1 is 1.39 bits per heavy atom. The summed E-state index contributed by atoms with van der Waals surface area (Å²) >= 11 is 0. The van der Waals surface area contributed by atoms with Crippen LogP contribution >= 0.6 is 0 Å². The molecule has 0 aromatic heterocycles. The molecule has 0 amide bonds. The number of hydrogen-bond donors (Lipinski definition) is 2. The van der Waals surface area contributed by atoms with E-state index in [4.69, 9.17) is 20.3 Å². The molecule has 0 heterocycles. The van der Waals surface area contributed by atoms with Crippen molar-refractivity contribution in [3.8, 4) is 11.5 Å². The lowest BCUT2D eigenvalue weighted by molar-refractivity contribution is -0.137. The summed E-state index contributed by atoms with van der Waals surface area (Å²) in [4.78, 5) is 10.6. The van der Waals surface area contributed by atoms with Crippen molar-refractivity contribution < 1.29 is 19.4 Å². The van der Waals surface area contributed by atoms with Crippen molar-refractivity contribution in [2.24, 2.45) is 5.73 Å². The van der Waals surface area contributed by atoms with Crippen LogP contribution in [-0.4, -0.2) is 25.3 Å². The number of rotatable bonds is 6. The van der Waals surface area contributed by atoms with Crippen molar-refractivity contribution >= 4 is 5.97 Å². The average Bonchev–Trinajstić information content (AvgIpc) is 2.34. The molecule has 3 N–H and O–H groups in total. The number of carbonyl (C=O) groups is 1. The highest BCUT2D eigenvalue weighted by Gasteiger charge is 2.17. The summed E-state index contributed by atoms with van der Waals surface area (Å²) in [5, 5.41) is 8.68. The second-order valence-corrected chi connectivity index (χ2v) is 4.10. The minimum atomic E-state index is -0.851. The molecule has 1 atom stereocenters. The molecule has 1 unspecified atom stereocenters. The maximum absolute atomic E-state index is 10.6. The highest BCUT2D eigenvalue weighted by molar-refractivity contribution is 5.66. The first-order valence-corrected chi connectivity index (χ1v) is 5.69. The molecule has 5 nitrogen and oxygen atoms in total. The first-order valence-electron chi connectivity index (χ1n) is 5.69. The number of benzene rings is 1. The number of aryl methyl sites for hydroxylation is 1. The Hall–Kier alpha value is -1.75. The molecule has 1 rings (SSSR count). The molecular weight excluding hydrogens is 234 g/mol. The normalized spacial score (nSPS) is 12.0. The van der Waals surface area contributed by atoms with Crippen LogP contribution in [0.5, 0.6) is 11.5 Å². The monoisotopic (exact) mass is 253 g/mol. The quantitative estimate of drug-likeness (QED) is 0.808. The van der Waals surface area contributed by atoms with E-state index in [1.54, 1.807) is 20.3 Å². The van der Waals surface area contributed by atoms with Crippen molar-refractivity contribution in [2.75, 3.05) is 14.2 Å². The molecule has 0 saturated heterocycles. The zero-order chi connectivity index (χ0) is 13.7. The minimum absolute atomic E-state index is 0.0375. The van der Waals surface area contributed by atoms with Gasteiger partial charge in [-0.1, -0.05) is 0 Å². The molecule has 0 aliphatic carbocycles. The minimum Gasteiger partial charge on any atom is -0.497 e. The van der Waals surface area contributed by atoms with Gasteiger partial charge in [0.25, 0.3) is 0 Å². The molecule has 0 saturated carbocycles. The smallest absolute Gasteiger partial charge is 0.303 e. The molecular formula is C13H19NO4. The van der Waals surface area contributed by atoms with Crippen molar-refractivity contribution in [1.82, 2.24) is 0 Å². The summed E-state index contributed by atoms with van der Waals surface area (Å²) in [6.07, 6.45) is 0.411. The Kier molecular flexibility index (Phi) is 4.97. The van der Waals surface area contributed by atoms with Gasteiger partial charge < -0.3 is 20.3 Å². The maximum atomic E-state index is 10.6. The van der Waals surface area contributed by atoms with Crippen LogP contribution in [0.2, 0.25) is 0 Å². The molecule has 100 valence electrons. The molecule has 0 fully saturated rings. The fourth-order valence-corrected chi connectivity index (χ4v) is 1.92. The second kappa shape index (κ2) is 6.26. The number of carboxylic acids is 1. The first kappa shape index (κ1) is 14.3. The average molecular weight is 253 g/mol. The van der Waals surface area contributed by atoms with Crippen molar-refractivity contribution in [1.29, 1.82) is 0 Å². The predicted molar refractivity (Wildman–Crippen MR) is 68.1 cm³/mol. The number of carboxylic acid groups (broad SMARTS) is 1. The number of aliphatic carboxylic acids is 1. The topological polar surface area (TPSA) is 81.8 Å². The van der Waals surface area contributed by atoms with Gasteiger partial charge in [0.2, 0.25) is 0 Å². The van der Waals surface area contributed by atoms with Gasteiger partial charge in [-0.05, 0) is 25.0 Å². The van der Waals surface area contributed by atoms with Gasteiger partial charge in [0, 0.05) is 24.1 Å². The van der Waals surface area contributed by atoms with Crippen molar-refractivity contribution in [3.63, 3.8) is 0 Å². The van der Waals surface area contributed by atoms with Gasteiger partial charge >= 0.3 is 5.97 Å². The van der Waals surface area contributed by atoms with Crippen LogP contribution in [0.3, 0.4) is 0 Å². The van der Waals surface area contributed by atoms with Gasteiger partial charge in [-0.25, -0.2) is 0 Å². The molecule has 0 bridgehead atoms. The number of methoxy groups -OCH3 is 2. The van der Waals surface area contributed by atoms with E-state index in [9.17, 15) is 4.79 Å². The highest BCUT2D eigenvalue weighted by atomic mass is 16.5. The lowest BCUT2D eigenvalue weighted by atomic mass is 9.97. The number of ether oxygens (including phenoxy) is 2. The van der Waals surface area contributed by atoms with Gasteiger partial charge in [-0.3, -0.25) is 4.79 Å². The molecule has 1 aromatic rings. The van der Waals surface area contributed by atoms with Crippen LogP contribution in [0.25, 0.3) is 0 Å². The Morgan fingerprint density at radius 3 is 2.56 bits per heavy atom. The molecule has 0 aliphatic heterocycles. The predicted octanol–water partition coefficient (Wildman–Crippen LogP) is 1.88. The van der Waals surface area contributed by atoms with E-state index >= 15 is 0 Å². The van der Waals surface area contributed by atoms with E-state index in [1.165, 1.54) is 0 Å². The zero-order valence-corrected chi connectivity index (χ0v) is 10.9. The van der Waals surface area contributed by atoms with Crippen LogP contribution < -0.4 is 15.2 Å². The largest absolute Gasteiger partial charge is 0.497 e. The fourth-order valence-electron chi connectivity index (χ4n) is 1.92. The Morgan fingerprint density at radius 2 is 2.06 bits per heavy atom. The third kappa shape index (κ3) is 3.37. The molecule has 5 heteroatoms. The summed E-state index contributed by atoms with van der Waals surface area (Å²) in [5.41, 5.74) is 7.80. The summed E-state index contributed by atoms with van der Waals surface area (Å²) in [6.45, 7) is 1.90. The Bertz CT molecular complexity index is 431.